The molecule has 0 spiro atoms. The smallest absolute Gasteiger partial charge is 0.277 e. The number of anilines is 1. The van der Waals surface area contributed by atoms with Crippen LogP contribution in [0.4, 0.5) is 5.69 Å². The number of nitrogens with one attached hydrogen (secondary N) is 1. The maximum atomic E-state index is 12.5. The third-order valence-electron chi connectivity index (χ3n) is 3.89. The molecule has 0 radical (unpaired) electrons. The van der Waals surface area contributed by atoms with Gasteiger partial charge in [-0.2, -0.15) is 0 Å². The molecule has 4 heteroatoms. The largest absolute Gasteiger partial charge is 0.441 e. The number of aromatic nitrogens is 1. The number of amides is 1. The van der Waals surface area contributed by atoms with Crippen molar-refractivity contribution in [3.05, 3.63) is 71.1 Å². The van der Waals surface area contributed by atoms with Gasteiger partial charge < -0.3 is 9.73 Å². The lowest BCUT2D eigenvalue weighted by Gasteiger charge is -2.09. The second-order valence-corrected chi connectivity index (χ2v) is 5.49. The summed E-state index contributed by atoms with van der Waals surface area (Å²) in [5.41, 5.74) is 4.12. The Hall–Kier alpha value is -2.88. The maximum Gasteiger partial charge on any atom is 0.277 e. The SMILES string of the molecule is Cc1cccc(NC(=O)c2nc(-c3ccccc3)oc2C)c1C. The van der Waals surface area contributed by atoms with E-state index in [-0.39, 0.29) is 5.91 Å². The van der Waals surface area contributed by atoms with Gasteiger partial charge in [0.05, 0.1) is 0 Å². The fourth-order valence-corrected chi connectivity index (χ4v) is 2.38. The standard InChI is InChI=1S/C19H18N2O2/c1-12-8-7-11-16(13(12)2)20-18(22)17-14(3)23-19(21-17)15-9-5-4-6-10-15/h4-11H,1-3H3,(H,20,22). The highest BCUT2D eigenvalue weighted by atomic mass is 16.4. The number of hydrogen-bond donors (Lipinski definition) is 1. The van der Waals surface area contributed by atoms with Crippen molar-refractivity contribution in [2.24, 2.45) is 0 Å². The van der Waals surface area contributed by atoms with E-state index in [1.165, 1.54) is 0 Å². The number of nitrogens with zero attached hydrogens (tertiary/aromatic N) is 1. The van der Waals surface area contributed by atoms with Crippen LogP contribution in [0, 0.1) is 20.8 Å². The Kier molecular flexibility index (Phi) is 3.98. The van der Waals surface area contributed by atoms with Crippen molar-refractivity contribution >= 4 is 11.6 Å². The van der Waals surface area contributed by atoms with Gasteiger partial charge in [0.1, 0.15) is 5.76 Å². The lowest BCUT2D eigenvalue weighted by molar-refractivity contribution is 0.102. The molecule has 3 aromatic rings. The van der Waals surface area contributed by atoms with Gasteiger partial charge in [-0.3, -0.25) is 4.79 Å². The van der Waals surface area contributed by atoms with E-state index in [9.17, 15) is 4.79 Å². The highest BCUT2D eigenvalue weighted by Gasteiger charge is 2.18. The van der Waals surface area contributed by atoms with E-state index in [1.54, 1.807) is 6.92 Å². The summed E-state index contributed by atoms with van der Waals surface area (Å²) >= 11 is 0. The van der Waals surface area contributed by atoms with Gasteiger partial charge in [-0.1, -0.05) is 30.3 Å². The van der Waals surface area contributed by atoms with E-state index >= 15 is 0 Å². The minimum Gasteiger partial charge on any atom is -0.441 e. The van der Waals surface area contributed by atoms with Crippen molar-refractivity contribution in [1.29, 1.82) is 0 Å². The van der Waals surface area contributed by atoms with Crippen molar-refractivity contribution in [2.75, 3.05) is 5.32 Å². The van der Waals surface area contributed by atoms with Gasteiger partial charge in [0.25, 0.3) is 5.91 Å². The zero-order valence-electron chi connectivity index (χ0n) is 13.4. The van der Waals surface area contributed by atoms with Crippen LogP contribution < -0.4 is 5.32 Å². The third kappa shape index (κ3) is 3.01. The molecule has 0 aliphatic carbocycles. The molecule has 0 atom stereocenters. The molecular formula is C19H18N2O2. The number of oxazole rings is 1. The molecule has 0 saturated heterocycles. The summed E-state index contributed by atoms with van der Waals surface area (Å²) in [6, 6.07) is 15.4. The molecule has 0 unspecified atom stereocenters. The van der Waals surface area contributed by atoms with Gasteiger partial charge in [0.15, 0.2) is 5.69 Å². The molecule has 1 aromatic heterocycles. The molecule has 23 heavy (non-hydrogen) atoms. The average molecular weight is 306 g/mol. The van der Waals surface area contributed by atoms with Gasteiger partial charge in [-0.25, -0.2) is 4.98 Å². The van der Waals surface area contributed by atoms with Crippen molar-refractivity contribution in [2.45, 2.75) is 20.8 Å². The third-order valence-corrected chi connectivity index (χ3v) is 3.89. The van der Waals surface area contributed by atoms with E-state index < -0.39 is 0 Å². The molecule has 0 bridgehead atoms. The second kappa shape index (κ2) is 6.08. The summed E-state index contributed by atoms with van der Waals surface area (Å²) in [6.45, 7) is 5.74. The second-order valence-electron chi connectivity index (χ2n) is 5.49. The predicted molar refractivity (Wildman–Crippen MR) is 90.5 cm³/mol. The van der Waals surface area contributed by atoms with E-state index in [2.05, 4.69) is 10.3 Å². The Balaban J connectivity index is 1.89. The molecule has 116 valence electrons. The summed E-state index contributed by atoms with van der Waals surface area (Å²) in [6.07, 6.45) is 0. The number of carbonyl (C=O) groups is 1. The van der Waals surface area contributed by atoms with Crippen LogP contribution >= 0.6 is 0 Å². The first-order valence-corrected chi connectivity index (χ1v) is 7.46. The fraction of sp³-hybridized carbons (Fsp3) is 0.158. The van der Waals surface area contributed by atoms with Crippen molar-refractivity contribution in [3.8, 4) is 11.5 Å². The Bertz CT molecular complexity index is 851. The Labute approximate surface area is 135 Å². The van der Waals surface area contributed by atoms with Gasteiger partial charge in [-0.15, -0.1) is 0 Å². The molecule has 1 amide bonds. The fourth-order valence-electron chi connectivity index (χ4n) is 2.38. The number of benzene rings is 2. The zero-order valence-corrected chi connectivity index (χ0v) is 13.4. The average Bonchev–Trinajstić information content (AvgIpc) is 2.95. The highest BCUT2D eigenvalue weighted by Crippen LogP contribution is 2.23. The van der Waals surface area contributed by atoms with Crippen LogP contribution in [0.2, 0.25) is 0 Å². The summed E-state index contributed by atoms with van der Waals surface area (Å²) in [5.74, 6) is 0.697. The summed E-state index contributed by atoms with van der Waals surface area (Å²) in [7, 11) is 0. The first-order chi connectivity index (χ1) is 11.1. The van der Waals surface area contributed by atoms with Crippen LogP contribution in [0.5, 0.6) is 0 Å². The van der Waals surface area contributed by atoms with Crippen LogP contribution in [-0.4, -0.2) is 10.9 Å². The van der Waals surface area contributed by atoms with E-state index in [0.29, 0.717) is 17.3 Å². The van der Waals surface area contributed by atoms with Gasteiger partial charge in [0, 0.05) is 11.3 Å². The molecule has 2 aromatic carbocycles. The van der Waals surface area contributed by atoms with Gasteiger partial charge in [-0.05, 0) is 50.1 Å². The quantitative estimate of drug-likeness (QED) is 0.774. The number of rotatable bonds is 3. The van der Waals surface area contributed by atoms with Crippen LogP contribution in [-0.2, 0) is 0 Å². The zero-order chi connectivity index (χ0) is 16.4. The first kappa shape index (κ1) is 15.0. The van der Waals surface area contributed by atoms with E-state index in [0.717, 1.165) is 22.4 Å². The van der Waals surface area contributed by atoms with Crippen molar-refractivity contribution < 1.29 is 9.21 Å². The van der Waals surface area contributed by atoms with Crippen molar-refractivity contribution in [3.63, 3.8) is 0 Å². The molecule has 0 aliphatic heterocycles. The molecule has 0 saturated carbocycles. The van der Waals surface area contributed by atoms with Gasteiger partial charge in [0.2, 0.25) is 5.89 Å². The molecule has 1 heterocycles. The molecule has 0 fully saturated rings. The normalized spacial score (nSPS) is 10.6. The first-order valence-electron chi connectivity index (χ1n) is 7.46. The van der Waals surface area contributed by atoms with Gasteiger partial charge >= 0.3 is 0 Å². The number of hydrogen-bond acceptors (Lipinski definition) is 3. The monoisotopic (exact) mass is 306 g/mol. The Morgan fingerprint density at radius 2 is 1.74 bits per heavy atom. The summed E-state index contributed by atoms with van der Waals surface area (Å²) in [4.78, 5) is 16.9. The lowest BCUT2D eigenvalue weighted by Crippen LogP contribution is -2.14. The molecule has 4 nitrogen and oxygen atoms in total. The summed E-state index contributed by atoms with van der Waals surface area (Å²) in [5, 5.41) is 2.91. The van der Waals surface area contributed by atoms with E-state index in [1.807, 2.05) is 62.4 Å². The molecule has 3 rings (SSSR count). The maximum absolute atomic E-state index is 12.5. The van der Waals surface area contributed by atoms with Crippen LogP contribution in [0.25, 0.3) is 11.5 Å². The Morgan fingerprint density at radius 3 is 2.48 bits per heavy atom. The summed E-state index contributed by atoms with van der Waals surface area (Å²) < 4.78 is 5.64. The van der Waals surface area contributed by atoms with Crippen molar-refractivity contribution in [1.82, 2.24) is 4.98 Å². The number of carbonyl (C=O) groups excluding carboxylic acids is 1. The topological polar surface area (TPSA) is 55.1 Å². The molecule has 0 aliphatic rings. The lowest BCUT2D eigenvalue weighted by atomic mass is 10.1. The minimum absolute atomic E-state index is 0.262. The Morgan fingerprint density at radius 1 is 1.00 bits per heavy atom. The van der Waals surface area contributed by atoms with Crippen LogP contribution in [0.15, 0.2) is 52.9 Å². The molecule has 1 N–H and O–H groups in total. The van der Waals surface area contributed by atoms with Crippen LogP contribution in [0.1, 0.15) is 27.4 Å². The predicted octanol–water partition coefficient (Wildman–Crippen LogP) is 4.52. The number of aryl methyl sites for hydroxylation is 2. The minimum atomic E-state index is -0.262. The highest BCUT2D eigenvalue weighted by molar-refractivity contribution is 6.04. The van der Waals surface area contributed by atoms with Crippen LogP contribution in [0.3, 0.4) is 0 Å². The molecular weight excluding hydrogens is 288 g/mol. The van der Waals surface area contributed by atoms with E-state index in [4.69, 9.17) is 4.42 Å².